The molecule has 0 unspecified atom stereocenters. The van der Waals surface area contributed by atoms with Gasteiger partial charge in [-0.1, -0.05) is 0 Å². The second-order valence-corrected chi connectivity index (χ2v) is 5.80. The number of nitro benzene ring substituents is 1. The van der Waals surface area contributed by atoms with Gasteiger partial charge in [-0.25, -0.2) is 0 Å². The van der Waals surface area contributed by atoms with E-state index in [4.69, 9.17) is 4.74 Å². The molecule has 2 aromatic rings. The van der Waals surface area contributed by atoms with Gasteiger partial charge in [0.1, 0.15) is 11.3 Å². The number of benzene rings is 2. The fraction of sp³-hybridized carbons (Fsp3) is 0.133. The maximum Gasteiger partial charge on any atom is 0.282 e. The number of carbonyl (C=O) groups is 1. The van der Waals surface area contributed by atoms with E-state index in [1.54, 1.807) is 6.07 Å². The number of ether oxygens (including phenoxy) is 1. The van der Waals surface area contributed by atoms with Crippen LogP contribution < -0.4 is 10.1 Å². The first-order valence-corrected chi connectivity index (χ1v) is 7.40. The van der Waals surface area contributed by atoms with Crippen molar-refractivity contribution in [3.63, 3.8) is 0 Å². The summed E-state index contributed by atoms with van der Waals surface area (Å²) in [7, 11) is 1.44. The highest BCUT2D eigenvalue weighted by atomic mass is 127. The van der Waals surface area contributed by atoms with Gasteiger partial charge in [-0.2, -0.15) is 0 Å². The van der Waals surface area contributed by atoms with Crippen molar-refractivity contribution >= 4 is 39.9 Å². The zero-order valence-corrected chi connectivity index (χ0v) is 14.1. The Balaban J connectivity index is 2.38. The molecule has 2 rings (SSSR count). The summed E-state index contributed by atoms with van der Waals surface area (Å²) in [5.41, 5.74) is 1.19. The number of nitrogens with zero attached hydrogens (tertiary/aromatic N) is 1. The van der Waals surface area contributed by atoms with Crippen molar-refractivity contribution in [2.75, 3.05) is 12.4 Å². The van der Waals surface area contributed by atoms with Gasteiger partial charge >= 0.3 is 0 Å². The van der Waals surface area contributed by atoms with E-state index in [9.17, 15) is 14.9 Å². The fourth-order valence-electron chi connectivity index (χ4n) is 1.94. The van der Waals surface area contributed by atoms with Gasteiger partial charge in [0.15, 0.2) is 0 Å². The summed E-state index contributed by atoms with van der Waals surface area (Å²) >= 11 is 2.17. The summed E-state index contributed by atoms with van der Waals surface area (Å²) in [6, 6.07) is 9.59. The van der Waals surface area contributed by atoms with E-state index >= 15 is 0 Å². The van der Waals surface area contributed by atoms with Crippen LogP contribution in [-0.2, 0) is 0 Å². The molecule has 0 spiro atoms. The quantitative estimate of drug-likeness (QED) is 0.471. The number of nitro groups is 1. The van der Waals surface area contributed by atoms with Crippen LogP contribution in [0.4, 0.5) is 11.4 Å². The van der Waals surface area contributed by atoms with Crippen LogP contribution in [0.5, 0.6) is 5.75 Å². The lowest BCUT2D eigenvalue weighted by molar-refractivity contribution is -0.385. The minimum Gasteiger partial charge on any atom is -0.497 e. The SMILES string of the molecule is COc1ccc([N+](=O)[O-])c(C(=O)Nc2ccc(I)cc2C)c1. The lowest BCUT2D eigenvalue weighted by Gasteiger charge is -2.10. The van der Waals surface area contributed by atoms with Gasteiger partial charge in [0.25, 0.3) is 11.6 Å². The highest BCUT2D eigenvalue weighted by Gasteiger charge is 2.21. The molecule has 0 heterocycles. The number of carbonyl (C=O) groups excluding carboxylic acids is 1. The van der Waals surface area contributed by atoms with Gasteiger partial charge in [-0.05, 0) is 65.4 Å². The Hall–Kier alpha value is -2.16. The number of nitrogens with one attached hydrogen (secondary N) is 1. The fourth-order valence-corrected chi connectivity index (χ4v) is 2.59. The molecule has 0 aliphatic carbocycles. The van der Waals surface area contributed by atoms with Crippen LogP contribution in [0, 0.1) is 20.6 Å². The largest absolute Gasteiger partial charge is 0.497 e. The van der Waals surface area contributed by atoms with Gasteiger partial charge in [0.2, 0.25) is 0 Å². The van der Waals surface area contributed by atoms with Crippen molar-refractivity contribution in [2.24, 2.45) is 0 Å². The standard InChI is InChI=1S/C15H13IN2O4/c1-9-7-10(16)3-5-13(9)17-15(19)12-8-11(22-2)4-6-14(12)18(20)21/h3-8H,1-2H3,(H,17,19). The van der Waals surface area contributed by atoms with Crippen molar-refractivity contribution in [3.8, 4) is 5.75 Å². The Labute approximate surface area is 140 Å². The predicted octanol–water partition coefficient (Wildman–Crippen LogP) is 3.77. The summed E-state index contributed by atoms with van der Waals surface area (Å²) in [4.78, 5) is 22.9. The number of anilines is 1. The molecular weight excluding hydrogens is 399 g/mol. The van der Waals surface area contributed by atoms with E-state index in [-0.39, 0.29) is 11.3 Å². The van der Waals surface area contributed by atoms with Crippen LogP contribution in [0.25, 0.3) is 0 Å². The highest BCUT2D eigenvalue weighted by molar-refractivity contribution is 14.1. The lowest BCUT2D eigenvalue weighted by atomic mass is 10.1. The predicted molar refractivity (Wildman–Crippen MR) is 91.5 cm³/mol. The smallest absolute Gasteiger partial charge is 0.282 e. The van der Waals surface area contributed by atoms with Crippen molar-refractivity contribution in [3.05, 3.63) is 61.2 Å². The average molecular weight is 412 g/mol. The Morgan fingerprint density at radius 2 is 2.00 bits per heavy atom. The summed E-state index contributed by atoms with van der Waals surface area (Å²) in [5.74, 6) is -0.162. The van der Waals surface area contributed by atoms with Crippen molar-refractivity contribution in [2.45, 2.75) is 6.92 Å². The second-order valence-electron chi connectivity index (χ2n) is 4.55. The Morgan fingerprint density at radius 1 is 1.27 bits per heavy atom. The van der Waals surface area contributed by atoms with Crippen LogP contribution in [0.1, 0.15) is 15.9 Å². The maximum absolute atomic E-state index is 12.4. The maximum atomic E-state index is 12.4. The first-order chi connectivity index (χ1) is 10.4. The third kappa shape index (κ3) is 3.53. The van der Waals surface area contributed by atoms with Crippen LogP contribution in [0.2, 0.25) is 0 Å². The van der Waals surface area contributed by atoms with Crippen LogP contribution in [-0.4, -0.2) is 17.9 Å². The summed E-state index contributed by atoms with van der Waals surface area (Å²) < 4.78 is 6.07. The van der Waals surface area contributed by atoms with E-state index in [1.165, 1.54) is 25.3 Å². The molecular formula is C15H13IN2O4. The Bertz CT molecular complexity index is 746. The van der Waals surface area contributed by atoms with E-state index < -0.39 is 10.8 Å². The lowest BCUT2D eigenvalue weighted by Crippen LogP contribution is -2.15. The highest BCUT2D eigenvalue weighted by Crippen LogP contribution is 2.26. The van der Waals surface area contributed by atoms with Gasteiger partial charge in [0, 0.05) is 15.3 Å². The molecule has 0 fully saturated rings. The van der Waals surface area contributed by atoms with Crippen molar-refractivity contribution in [1.82, 2.24) is 0 Å². The topological polar surface area (TPSA) is 81.5 Å². The third-order valence-electron chi connectivity index (χ3n) is 3.08. The average Bonchev–Trinajstić information content (AvgIpc) is 2.49. The monoisotopic (exact) mass is 412 g/mol. The number of amides is 1. The number of hydrogen-bond acceptors (Lipinski definition) is 4. The summed E-state index contributed by atoms with van der Waals surface area (Å²) in [6.45, 7) is 1.86. The van der Waals surface area contributed by atoms with Gasteiger partial charge in [-0.15, -0.1) is 0 Å². The molecule has 22 heavy (non-hydrogen) atoms. The van der Waals surface area contributed by atoms with E-state index in [0.29, 0.717) is 11.4 Å². The molecule has 0 atom stereocenters. The van der Waals surface area contributed by atoms with Crippen LogP contribution in [0.15, 0.2) is 36.4 Å². The molecule has 0 bridgehead atoms. The zero-order chi connectivity index (χ0) is 16.3. The first-order valence-electron chi connectivity index (χ1n) is 6.32. The van der Waals surface area contributed by atoms with E-state index in [1.807, 2.05) is 19.1 Å². The molecule has 0 aromatic heterocycles. The third-order valence-corrected chi connectivity index (χ3v) is 3.75. The molecule has 0 radical (unpaired) electrons. The summed E-state index contributed by atoms with van der Waals surface area (Å²) in [6.07, 6.45) is 0. The molecule has 1 N–H and O–H groups in total. The minimum absolute atomic E-state index is 0.0395. The van der Waals surface area contributed by atoms with E-state index in [0.717, 1.165) is 9.13 Å². The van der Waals surface area contributed by atoms with Gasteiger partial charge < -0.3 is 10.1 Å². The molecule has 0 saturated carbocycles. The summed E-state index contributed by atoms with van der Waals surface area (Å²) in [5, 5.41) is 13.8. The van der Waals surface area contributed by atoms with Crippen LogP contribution in [0.3, 0.4) is 0 Å². The van der Waals surface area contributed by atoms with Crippen molar-refractivity contribution in [1.29, 1.82) is 0 Å². The van der Waals surface area contributed by atoms with E-state index in [2.05, 4.69) is 27.9 Å². The molecule has 7 heteroatoms. The molecule has 114 valence electrons. The van der Waals surface area contributed by atoms with Crippen LogP contribution >= 0.6 is 22.6 Å². The van der Waals surface area contributed by atoms with Gasteiger partial charge in [0.05, 0.1) is 12.0 Å². The van der Waals surface area contributed by atoms with Gasteiger partial charge in [-0.3, -0.25) is 14.9 Å². The Morgan fingerprint density at radius 3 is 2.59 bits per heavy atom. The Kier molecular flexibility index (Phi) is 4.96. The normalized spacial score (nSPS) is 10.1. The number of rotatable bonds is 4. The second kappa shape index (κ2) is 6.73. The number of methoxy groups -OCH3 is 1. The zero-order valence-electron chi connectivity index (χ0n) is 11.9. The molecule has 1 amide bonds. The molecule has 0 aliphatic heterocycles. The number of halogens is 1. The number of hydrogen-bond donors (Lipinski definition) is 1. The number of aryl methyl sites for hydroxylation is 1. The molecule has 2 aromatic carbocycles. The van der Waals surface area contributed by atoms with Crippen molar-refractivity contribution < 1.29 is 14.5 Å². The molecule has 6 nitrogen and oxygen atoms in total. The first kappa shape index (κ1) is 16.2. The molecule has 0 saturated heterocycles. The minimum atomic E-state index is -0.588. The molecule has 0 aliphatic rings.